The highest BCUT2D eigenvalue weighted by atomic mass is 16.2. The van der Waals surface area contributed by atoms with Crippen LogP contribution in [0.2, 0.25) is 0 Å². The Bertz CT molecular complexity index is 944. The first-order valence-corrected chi connectivity index (χ1v) is 8.99. The van der Waals surface area contributed by atoms with Crippen molar-refractivity contribution in [1.29, 1.82) is 0 Å². The molecule has 4 rings (SSSR count). The van der Waals surface area contributed by atoms with Crippen molar-refractivity contribution in [2.45, 2.75) is 38.1 Å². The van der Waals surface area contributed by atoms with Gasteiger partial charge in [0.1, 0.15) is 0 Å². The van der Waals surface area contributed by atoms with E-state index in [1.807, 2.05) is 35.7 Å². The predicted molar refractivity (Wildman–Crippen MR) is 100 cm³/mol. The van der Waals surface area contributed by atoms with Crippen LogP contribution in [0.3, 0.4) is 0 Å². The number of aromatic nitrogens is 3. The molecular formula is C20H23N5O. The number of carbonyl (C=O) groups excluding carboxylic acids is 1. The SMILES string of the molecule is Cc1ccccc1C1(CNC(=O)N[C@H](C)c2nnc3ccccn23)CC1. The number of benzene rings is 1. The molecule has 2 heterocycles. The molecule has 1 fully saturated rings. The molecular weight excluding hydrogens is 326 g/mol. The summed E-state index contributed by atoms with van der Waals surface area (Å²) in [6.07, 6.45) is 4.13. The first kappa shape index (κ1) is 16.6. The van der Waals surface area contributed by atoms with Gasteiger partial charge in [0.25, 0.3) is 0 Å². The standard InChI is InChI=1S/C20H23N5O/c1-14-7-3-4-8-16(14)20(10-11-20)13-21-19(26)22-15(2)18-24-23-17-9-5-6-12-25(17)18/h3-9,12,15H,10-11,13H2,1-2H3,(H2,21,22,26)/t15-/m1/s1. The number of hydrogen-bond donors (Lipinski definition) is 2. The summed E-state index contributed by atoms with van der Waals surface area (Å²) < 4.78 is 1.89. The number of aryl methyl sites for hydroxylation is 1. The van der Waals surface area contributed by atoms with Crippen LogP contribution in [0.5, 0.6) is 0 Å². The fourth-order valence-electron chi connectivity index (χ4n) is 3.58. The van der Waals surface area contributed by atoms with Gasteiger partial charge in [0.05, 0.1) is 6.04 Å². The molecule has 134 valence electrons. The molecule has 0 aliphatic heterocycles. The minimum atomic E-state index is -0.235. The number of pyridine rings is 1. The first-order valence-electron chi connectivity index (χ1n) is 8.99. The van der Waals surface area contributed by atoms with Gasteiger partial charge in [0.15, 0.2) is 11.5 Å². The van der Waals surface area contributed by atoms with E-state index in [1.54, 1.807) is 0 Å². The summed E-state index contributed by atoms with van der Waals surface area (Å²) in [5, 5.41) is 14.3. The van der Waals surface area contributed by atoms with Gasteiger partial charge in [-0.3, -0.25) is 4.40 Å². The van der Waals surface area contributed by atoms with Gasteiger partial charge in [-0.25, -0.2) is 4.79 Å². The van der Waals surface area contributed by atoms with Gasteiger partial charge in [0, 0.05) is 18.2 Å². The zero-order valence-electron chi connectivity index (χ0n) is 15.1. The maximum atomic E-state index is 12.4. The molecule has 3 aromatic rings. The van der Waals surface area contributed by atoms with Gasteiger partial charge in [-0.15, -0.1) is 10.2 Å². The van der Waals surface area contributed by atoms with E-state index < -0.39 is 0 Å². The van der Waals surface area contributed by atoms with E-state index in [0.29, 0.717) is 6.54 Å². The second kappa shape index (κ2) is 6.44. The van der Waals surface area contributed by atoms with Crippen LogP contribution in [-0.2, 0) is 5.41 Å². The van der Waals surface area contributed by atoms with E-state index in [2.05, 4.69) is 52.0 Å². The highest BCUT2D eigenvalue weighted by molar-refractivity contribution is 5.74. The lowest BCUT2D eigenvalue weighted by Gasteiger charge is -2.20. The number of rotatable bonds is 5. The molecule has 1 aromatic carbocycles. The van der Waals surface area contributed by atoms with Gasteiger partial charge in [-0.2, -0.15) is 0 Å². The minimum absolute atomic E-state index is 0.0908. The number of amides is 2. The predicted octanol–water partition coefficient (Wildman–Crippen LogP) is 3.13. The third-order valence-corrected chi connectivity index (χ3v) is 5.23. The normalized spacial score (nSPS) is 16.2. The van der Waals surface area contributed by atoms with Crippen LogP contribution in [0.15, 0.2) is 48.7 Å². The Hall–Kier alpha value is -2.89. The third-order valence-electron chi connectivity index (χ3n) is 5.23. The summed E-state index contributed by atoms with van der Waals surface area (Å²) in [5.74, 6) is 0.718. The van der Waals surface area contributed by atoms with E-state index in [4.69, 9.17) is 0 Å². The topological polar surface area (TPSA) is 71.3 Å². The highest BCUT2D eigenvalue weighted by Crippen LogP contribution is 2.48. The first-order chi connectivity index (χ1) is 12.6. The summed E-state index contributed by atoms with van der Waals surface area (Å²) >= 11 is 0. The number of nitrogens with one attached hydrogen (secondary N) is 2. The number of urea groups is 1. The Kier molecular flexibility index (Phi) is 4.11. The van der Waals surface area contributed by atoms with Crippen LogP contribution in [0.25, 0.3) is 5.65 Å². The maximum Gasteiger partial charge on any atom is 0.315 e. The molecule has 6 heteroatoms. The average Bonchev–Trinajstić information content (AvgIpc) is 3.30. The molecule has 1 saturated carbocycles. The van der Waals surface area contributed by atoms with Crippen molar-refractivity contribution in [1.82, 2.24) is 25.2 Å². The summed E-state index contributed by atoms with van der Waals surface area (Å²) in [6, 6.07) is 13.8. The van der Waals surface area contributed by atoms with E-state index in [9.17, 15) is 4.79 Å². The van der Waals surface area contributed by atoms with Crippen molar-refractivity contribution >= 4 is 11.7 Å². The van der Waals surface area contributed by atoms with Gasteiger partial charge in [-0.1, -0.05) is 30.3 Å². The van der Waals surface area contributed by atoms with Crippen molar-refractivity contribution in [3.63, 3.8) is 0 Å². The fourth-order valence-corrected chi connectivity index (χ4v) is 3.58. The summed E-state index contributed by atoms with van der Waals surface area (Å²) in [5.41, 5.74) is 3.49. The second-order valence-corrected chi connectivity index (χ2v) is 7.13. The summed E-state index contributed by atoms with van der Waals surface area (Å²) in [4.78, 5) is 12.4. The summed E-state index contributed by atoms with van der Waals surface area (Å²) in [7, 11) is 0. The molecule has 2 N–H and O–H groups in total. The molecule has 26 heavy (non-hydrogen) atoms. The van der Waals surface area contributed by atoms with Crippen molar-refractivity contribution in [3.8, 4) is 0 Å². The number of fused-ring (bicyclic) bond motifs is 1. The Labute approximate surface area is 152 Å². The van der Waals surface area contributed by atoms with Crippen molar-refractivity contribution in [2.75, 3.05) is 6.54 Å². The lowest BCUT2D eigenvalue weighted by Crippen LogP contribution is -2.41. The van der Waals surface area contributed by atoms with Crippen LogP contribution in [0, 0.1) is 6.92 Å². The Morgan fingerprint density at radius 3 is 2.73 bits per heavy atom. The van der Waals surface area contributed by atoms with Crippen molar-refractivity contribution in [3.05, 3.63) is 65.6 Å². The molecule has 2 amide bonds. The molecule has 0 radical (unpaired) electrons. The van der Waals surface area contributed by atoms with E-state index in [0.717, 1.165) is 24.3 Å². The van der Waals surface area contributed by atoms with Crippen LogP contribution in [0.4, 0.5) is 4.79 Å². The van der Waals surface area contributed by atoms with Crippen LogP contribution < -0.4 is 10.6 Å². The molecule has 0 unspecified atom stereocenters. The smallest absolute Gasteiger partial charge is 0.315 e. The molecule has 0 spiro atoms. The molecule has 6 nitrogen and oxygen atoms in total. The van der Waals surface area contributed by atoms with E-state index in [-0.39, 0.29) is 17.5 Å². The molecule has 1 aliphatic rings. The molecule has 1 atom stereocenters. The van der Waals surface area contributed by atoms with E-state index >= 15 is 0 Å². The fraction of sp³-hybridized carbons (Fsp3) is 0.350. The van der Waals surface area contributed by atoms with Crippen molar-refractivity contribution in [2.24, 2.45) is 0 Å². The van der Waals surface area contributed by atoms with Gasteiger partial charge >= 0.3 is 6.03 Å². The number of hydrogen-bond acceptors (Lipinski definition) is 3. The zero-order chi connectivity index (χ0) is 18.1. The number of nitrogens with zero attached hydrogens (tertiary/aromatic N) is 3. The van der Waals surface area contributed by atoms with Crippen LogP contribution >= 0.6 is 0 Å². The summed E-state index contributed by atoms with van der Waals surface area (Å²) in [6.45, 7) is 4.70. The van der Waals surface area contributed by atoms with E-state index in [1.165, 1.54) is 11.1 Å². The quantitative estimate of drug-likeness (QED) is 0.743. The highest BCUT2D eigenvalue weighted by Gasteiger charge is 2.45. The third kappa shape index (κ3) is 3.03. The average molecular weight is 349 g/mol. The van der Waals surface area contributed by atoms with Crippen LogP contribution in [0.1, 0.15) is 42.8 Å². The van der Waals surface area contributed by atoms with Crippen LogP contribution in [-0.4, -0.2) is 27.2 Å². The molecule has 0 saturated heterocycles. The zero-order valence-corrected chi connectivity index (χ0v) is 15.1. The largest absolute Gasteiger partial charge is 0.337 e. The molecule has 0 bridgehead atoms. The lowest BCUT2D eigenvalue weighted by atomic mass is 9.92. The van der Waals surface area contributed by atoms with Gasteiger partial charge < -0.3 is 10.6 Å². The maximum absolute atomic E-state index is 12.4. The number of carbonyl (C=O) groups is 1. The minimum Gasteiger partial charge on any atom is -0.337 e. The molecule has 1 aliphatic carbocycles. The van der Waals surface area contributed by atoms with Gasteiger partial charge in [0.2, 0.25) is 0 Å². The van der Waals surface area contributed by atoms with Gasteiger partial charge in [-0.05, 0) is 49.9 Å². The Morgan fingerprint density at radius 1 is 1.19 bits per heavy atom. The molecule has 2 aromatic heterocycles. The Morgan fingerprint density at radius 2 is 1.96 bits per heavy atom. The second-order valence-electron chi connectivity index (χ2n) is 7.13. The lowest BCUT2D eigenvalue weighted by molar-refractivity contribution is 0.236. The Balaban J connectivity index is 1.39. The monoisotopic (exact) mass is 349 g/mol. The van der Waals surface area contributed by atoms with Crippen molar-refractivity contribution < 1.29 is 4.79 Å².